The fourth-order valence-corrected chi connectivity index (χ4v) is 1.94. The monoisotopic (exact) mass is 197 g/mol. The van der Waals surface area contributed by atoms with Crippen molar-refractivity contribution >= 4 is 10.9 Å². The summed E-state index contributed by atoms with van der Waals surface area (Å²) in [4.78, 5) is 0. The van der Waals surface area contributed by atoms with Gasteiger partial charge in [-0.15, -0.1) is 11.8 Å². The van der Waals surface area contributed by atoms with Gasteiger partial charge < -0.3 is 4.57 Å². The van der Waals surface area contributed by atoms with E-state index in [1.165, 1.54) is 16.6 Å². The van der Waals surface area contributed by atoms with Crippen LogP contribution in [0.5, 0.6) is 0 Å². The average molecular weight is 197 g/mol. The molecule has 0 spiro atoms. The summed E-state index contributed by atoms with van der Waals surface area (Å²) in [5.74, 6) is 6.04. The maximum absolute atomic E-state index is 3.11. The molecule has 0 saturated carbocycles. The molecule has 0 aliphatic heterocycles. The lowest BCUT2D eigenvalue weighted by atomic mass is 10.2. The molecular formula is C14H15N. The SMILES string of the molecule is CC#CCCn1c(C)cc2ccccc21. The van der Waals surface area contributed by atoms with Crippen molar-refractivity contribution < 1.29 is 0 Å². The van der Waals surface area contributed by atoms with Crippen LogP contribution in [0.4, 0.5) is 0 Å². The Kier molecular flexibility index (Phi) is 2.78. The van der Waals surface area contributed by atoms with Crippen LogP contribution in [0.2, 0.25) is 0 Å². The highest BCUT2D eigenvalue weighted by molar-refractivity contribution is 5.81. The second kappa shape index (κ2) is 4.23. The highest BCUT2D eigenvalue weighted by Crippen LogP contribution is 2.19. The van der Waals surface area contributed by atoms with Gasteiger partial charge in [0.15, 0.2) is 0 Å². The third-order valence-corrected chi connectivity index (χ3v) is 2.65. The first-order valence-electron chi connectivity index (χ1n) is 5.27. The topological polar surface area (TPSA) is 4.93 Å². The van der Waals surface area contributed by atoms with Crippen LogP contribution in [0.15, 0.2) is 30.3 Å². The highest BCUT2D eigenvalue weighted by Gasteiger charge is 2.02. The van der Waals surface area contributed by atoms with Gasteiger partial charge in [0.05, 0.1) is 0 Å². The molecule has 2 rings (SSSR count). The van der Waals surface area contributed by atoms with Crippen LogP contribution in [0.25, 0.3) is 10.9 Å². The molecule has 76 valence electrons. The Morgan fingerprint density at radius 1 is 1.27 bits per heavy atom. The number of para-hydroxylation sites is 1. The summed E-state index contributed by atoms with van der Waals surface area (Å²) in [6, 6.07) is 10.7. The molecule has 1 aromatic heterocycles. The Labute approximate surface area is 90.7 Å². The Hall–Kier alpha value is -1.68. The summed E-state index contributed by atoms with van der Waals surface area (Å²) in [6.45, 7) is 5.03. The summed E-state index contributed by atoms with van der Waals surface area (Å²) in [5, 5.41) is 1.32. The number of benzene rings is 1. The van der Waals surface area contributed by atoms with Crippen LogP contribution >= 0.6 is 0 Å². The molecule has 0 saturated heterocycles. The molecular weight excluding hydrogens is 182 g/mol. The molecule has 0 bridgehead atoms. The van der Waals surface area contributed by atoms with Crippen LogP contribution in [0, 0.1) is 18.8 Å². The first kappa shape index (κ1) is 9.86. The molecule has 0 amide bonds. The molecule has 2 aromatic rings. The molecule has 0 atom stereocenters. The largest absolute Gasteiger partial charge is 0.344 e. The third-order valence-electron chi connectivity index (χ3n) is 2.65. The maximum Gasteiger partial charge on any atom is 0.0482 e. The molecule has 0 fully saturated rings. The summed E-state index contributed by atoms with van der Waals surface area (Å²) >= 11 is 0. The Morgan fingerprint density at radius 2 is 2.07 bits per heavy atom. The Balaban J connectivity index is 2.39. The van der Waals surface area contributed by atoms with Crippen LogP contribution in [-0.4, -0.2) is 4.57 Å². The van der Waals surface area contributed by atoms with E-state index < -0.39 is 0 Å². The molecule has 1 nitrogen and oxygen atoms in total. The van der Waals surface area contributed by atoms with Gasteiger partial charge in [-0.1, -0.05) is 18.2 Å². The van der Waals surface area contributed by atoms with E-state index in [0.717, 1.165) is 13.0 Å². The standard InChI is InChI=1S/C14H15N/c1-3-4-7-10-15-12(2)11-13-8-5-6-9-14(13)15/h5-6,8-9,11H,7,10H2,1-2H3. The van der Waals surface area contributed by atoms with Gasteiger partial charge in [-0.05, 0) is 31.4 Å². The first-order valence-corrected chi connectivity index (χ1v) is 5.27. The van der Waals surface area contributed by atoms with Gasteiger partial charge in [0.2, 0.25) is 0 Å². The van der Waals surface area contributed by atoms with Gasteiger partial charge in [0, 0.05) is 24.2 Å². The predicted molar refractivity (Wildman–Crippen MR) is 64.7 cm³/mol. The second-order valence-corrected chi connectivity index (χ2v) is 3.67. The first-order chi connectivity index (χ1) is 7.33. The molecule has 0 N–H and O–H groups in total. The second-order valence-electron chi connectivity index (χ2n) is 3.67. The number of aromatic nitrogens is 1. The molecule has 0 aliphatic carbocycles. The molecule has 15 heavy (non-hydrogen) atoms. The van der Waals surface area contributed by atoms with Crippen LogP contribution in [0.3, 0.4) is 0 Å². The molecule has 0 radical (unpaired) electrons. The lowest BCUT2D eigenvalue weighted by Crippen LogP contribution is -1.98. The number of nitrogens with zero attached hydrogens (tertiary/aromatic N) is 1. The van der Waals surface area contributed by atoms with E-state index in [-0.39, 0.29) is 0 Å². The number of fused-ring (bicyclic) bond motifs is 1. The maximum atomic E-state index is 3.11. The number of aryl methyl sites for hydroxylation is 2. The van der Waals surface area contributed by atoms with Crippen LogP contribution < -0.4 is 0 Å². The quantitative estimate of drug-likeness (QED) is 0.650. The summed E-state index contributed by atoms with van der Waals surface area (Å²) in [5.41, 5.74) is 2.63. The normalized spacial score (nSPS) is 10.0. The van der Waals surface area contributed by atoms with Gasteiger partial charge in [0.25, 0.3) is 0 Å². The van der Waals surface area contributed by atoms with E-state index in [1.54, 1.807) is 0 Å². The van der Waals surface area contributed by atoms with E-state index in [9.17, 15) is 0 Å². The Bertz CT molecular complexity index is 523. The van der Waals surface area contributed by atoms with Gasteiger partial charge in [0.1, 0.15) is 0 Å². The molecule has 0 aliphatic rings. The highest BCUT2D eigenvalue weighted by atomic mass is 15.0. The molecule has 1 aromatic carbocycles. The minimum absolute atomic E-state index is 0.927. The zero-order valence-electron chi connectivity index (χ0n) is 9.25. The van der Waals surface area contributed by atoms with Crippen molar-refractivity contribution in [2.45, 2.75) is 26.8 Å². The zero-order valence-corrected chi connectivity index (χ0v) is 9.25. The van der Waals surface area contributed by atoms with Crippen molar-refractivity contribution in [1.29, 1.82) is 0 Å². The third kappa shape index (κ3) is 1.89. The van der Waals surface area contributed by atoms with Gasteiger partial charge in [-0.3, -0.25) is 0 Å². The van der Waals surface area contributed by atoms with E-state index in [2.05, 4.69) is 53.7 Å². The van der Waals surface area contributed by atoms with Crippen molar-refractivity contribution in [3.05, 3.63) is 36.0 Å². The summed E-state index contributed by atoms with van der Waals surface area (Å²) in [7, 11) is 0. The average Bonchev–Trinajstić information content (AvgIpc) is 2.56. The van der Waals surface area contributed by atoms with Crippen LogP contribution in [0.1, 0.15) is 19.0 Å². The van der Waals surface area contributed by atoms with Gasteiger partial charge in [-0.2, -0.15) is 0 Å². The predicted octanol–water partition coefficient (Wildman–Crippen LogP) is 3.36. The minimum Gasteiger partial charge on any atom is -0.344 e. The van der Waals surface area contributed by atoms with E-state index >= 15 is 0 Å². The van der Waals surface area contributed by atoms with E-state index in [1.807, 2.05) is 6.92 Å². The number of rotatable bonds is 2. The summed E-state index contributed by atoms with van der Waals surface area (Å²) in [6.07, 6.45) is 0.927. The molecule has 1 heteroatoms. The molecule has 1 heterocycles. The van der Waals surface area contributed by atoms with E-state index in [0.29, 0.717) is 0 Å². The van der Waals surface area contributed by atoms with Crippen molar-refractivity contribution in [3.63, 3.8) is 0 Å². The van der Waals surface area contributed by atoms with Crippen molar-refractivity contribution in [2.24, 2.45) is 0 Å². The summed E-state index contributed by atoms with van der Waals surface area (Å²) < 4.78 is 2.33. The lowest BCUT2D eigenvalue weighted by molar-refractivity contribution is 0.726. The van der Waals surface area contributed by atoms with Gasteiger partial charge in [-0.25, -0.2) is 0 Å². The van der Waals surface area contributed by atoms with Crippen molar-refractivity contribution in [3.8, 4) is 11.8 Å². The van der Waals surface area contributed by atoms with Crippen molar-refractivity contribution in [2.75, 3.05) is 0 Å². The lowest BCUT2D eigenvalue weighted by Gasteiger charge is -2.04. The van der Waals surface area contributed by atoms with Crippen molar-refractivity contribution in [1.82, 2.24) is 4.57 Å². The van der Waals surface area contributed by atoms with E-state index in [4.69, 9.17) is 0 Å². The number of hydrogen-bond donors (Lipinski definition) is 0. The number of hydrogen-bond acceptors (Lipinski definition) is 0. The zero-order chi connectivity index (χ0) is 10.7. The fourth-order valence-electron chi connectivity index (χ4n) is 1.94. The molecule has 0 unspecified atom stereocenters. The smallest absolute Gasteiger partial charge is 0.0482 e. The van der Waals surface area contributed by atoms with Gasteiger partial charge >= 0.3 is 0 Å². The minimum atomic E-state index is 0.927. The van der Waals surface area contributed by atoms with Crippen LogP contribution in [-0.2, 0) is 6.54 Å². The Morgan fingerprint density at radius 3 is 2.87 bits per heavy atom. The fraction of sp³-hybridized carbons (Fsp3) is 0.286.